The molecular weight excluding hydrogens is 459 g/mol. The second-order valence-electron chi connectivity index (χ2n) is 11.4. The molecule has 0 aromatic carbocycles. The molecule has 0 aromatic rings. The average molecular weight is 488 g/mol. The molecule has 0 amide bonds. The fourth-order valence-corrected chi connectivity index (χ4v) is 9.94. The second-order valence-corrected chi connectivity index (χ2v) is 12.9. The molecule has 4 fully saturated rings. The van der Waals surface area contributed by atoms with Gasteiger partial charge in [0.15, 0.2) is 9.75 Å². The Bertz CT molecular complexity index is 945. The number of rotatable bonds is 2. The highest BCUT2D eigenvalue weighted by Gasteiger charge is 2.85. The number of cyclic esters (lactones) is 2. The first-order valence-corrected chi connectivity index (χ1v) is 12.5. The third kappa shape index (κ3) is 2.19. The fraction of sp³-hybridized carbons (Fsp3) is 0.792. The molecule has 2 bridgehead atoms. The van der Waals surface area contributed by atoms with Gasteiger partial charge in [0.2, 0.25) is 5.24 Å². The Kier molecular flexibility index (Phi) is 4.52. The monoisotopic (exact) mass is 486 g/mol. The molecule has 0 N–H and O–H groups in total. The van der Waals surface area contributed by atoms with Gasteiger partial charge in [-0.05, 0) is 66.9 Å². The zero-order valence-corrected chi connectivity index (χ0v) is 20.7. The molecule has 8 atom stereocenters. The first kappa shape index (κ1) is 22.2. The maximum absolute atomic E-state index is 13.2. The van der Waals surface area contributed by atoms with E-state index in [4.69, 9.17) is 39.5 Å². The van der Waals surface area contributed by atoms with Crippen molar-refractivity contribution in [3.8, 4) is 0 Å². The van der Waals surface area contributed by atoms with E-state index in [9.17, 15) is 14.4 Å². The van der Waals surface area contributed by atoms with Crippen LogP contribution >= 0.6 is 34.8 Å². The van der Waals surface area contributed by atoms with E-state index in [0.717, 1.165) is 24.8 Å². The Morgan fingerprint density at radius 2 is 1.77 bits per heavy atom. The summed E-state index contributed by atoms with van der Waals surface area (Å²) in [4.78, 5) is 35.5. The largest absolute Gasteiger partial charge is 0.390 e. The van der Waals surface area contributed by atoms with Gasteiger partial charge in [-0.15, -0.1) is 23.2 Å². The highest BCUT2D eigenvalue weighted by atomic mass is 35.5. The zero-order valence-electron chi connectivity index (χ0n) is 18.4. The minimum atomic E-state index is -1.63. The molecule has 3 saturated carbocycles. The number of alkyl halides is 2. The van der Waals surface area contributed by atoms with Crippen molar-refractivity contribution in [1.29, 1.82) is 0 Å². The third-order valence-corrected chi connectivity index (χ3v) is 12.1. The number of ether oxygens (including phenoxy) is 1. The van der Waals surface area contributed by atoms with E-state index in [2.05, 4.69) is 26.8 Å². The van der Waals surface area contributed by atoms with Gasteiger partial charge in [0.25, 0.3) is 0 Å². The molecular formula is C24H29Cl3O4. The summed E-state index contributed by atoms with van der Waals surface area (Å²) in [5, 5.41) is -0.276. The summed E-state index contributed by atoms with van der Waals surface area (Å²) in [5.41, 5.74) is -0.518. The third-order valence-electron chi connectivity index (χ3n) is 10.0. The highest BCUT2D eigenvalue weighted by molar-refractivity contribution is 6.64. The van der Waals surface area contributed by atoms with Crippen LogP contribution in [0.1, 0.15) is 66.2 Å². The number of hydrogen-bond donors (Lipinski definition) is 0. The van der Waals surface area contributed by atoms with Crippen LogP contribution in [0.3, 0.4) is 0 Å². The van der Waals surface area contributed by atoms with Gasteiger partial charge in [-0.2, -0.15) is 0 Å². The van der Waals surface area contributed by atoms with Crippen LogP contribution in [0, 0.1) is 39.9 Å². The summed E-state index contributed by atoms with van der Waals surface area (Å²) in [6, 6.07) is 0. The van der Waals surface area contributed by atoms with Crippen LogP contribution in [-0.2, 0) is 19.1 Å². The standard InChI is InChI=1S/C24H29Cl3O4/c1-12(2)13-11-22-9-6-15-20(3,7-5-8-21(15,4)17(25)28)16(22)10-14(13)23(26)18(29)31-19(30)24(22,23)27/h11-12,14-16H,5-10H2,1-4H3/t14-,15-,16-,20-,21+,22+,23+,24-/m0/s1. The van der Waals surface area contributed by atoms with Crippen LogP contribution in [0.2, 0.25) is 0 Å². The Hall–Kier alpha value is -0.580. The molecule has 1 heterocycles. The van der Waals surface area contributed by atoms with Crippen molar-refractivity contribution < 1.29 is 19.1 Å². The van der Waals surface area contributed by atoms with Gasteiger partial charge >= 0.3 is 11.9 Å². The molecule has 6 rings (SSSR count). The van der Waals surface area contributed by atoms with E-state index in [1.165, 1.54) is 0 Å². The van der Waals surface area contributed by atoms with Gasteiger partial charge in [0.05, 0.1) is 0 Å². The first-order valence-electron chi connectivity index (χ1n) is 11.4. The van der Waals surface area contributed by atoms with Crippen LogP contribution in [0.25, 0.3) is 0 Å². The van der Waals surface area contributed by atoms with Crippen molar-refractivity contribution in [1.82, 2.24) is 0 Å². The van der Waals surface area contributed by atoms with E-state index >= 15 is 0 Å². The van der Waals surface area contributed by atoms with Crippen molar-refractivity contribution in [2.45, 2.75) is 76.0 Å². The molecule has 7 heteroatoms. The topological polar surface area (TPSA) is 60.4 Å². The number of carbonyl (C=O) groups excluding carboxylic acids is 3. The number of esters is 2. The molecule has 1 saturated heterocycles. The van der Waals surface area contributed by atoms with Crippen molar-refractivity contribution in [2.24, 2.45) is 39.9 Å². The van der Waals surface area contributed by atoms with Crippen LogP contribution in [-0.4, -0.2) is 26.9 Å². The van der Waals surface area contributed by atoms with Gasteiger partial charge in [0.1, 0.15) is 0 Å². The predicted molar refractivity (Wildman–Crippen MR) is 119 cm³/mol. The number of carbonyl (C=O) groups is 3. The van der Waals surface area contributed by atoms with E-state index in [0.29, 0.717) is 19.3 Å². The lowest BCUT2D eigenvalue weighted by Crippen LogP contribution is -2.75. The van der Waals surface area contributed by atoms with Crippen molar-refractivity contribution in [2.75, 3.05) is 0 Å². The summed E-state index contributed by atoms with van der Waals surface area (Å²) in [6.07, 6.45) is 6.76. The molecule has 1 aliphatic heterocycles. The van der Waals surface area contributed by atoms with Crippen molar-refractivity contribution in [3.63, 3.8) is 0 Å². The first-order chi connectivity index (χ1) is 14.3. The van der Waals surface area contributed by atoms with E-state index in [1.54, 1.807) is 0 Å². The second kappa shape index (κ2) is 6.30. The highest BCUT2D eigenvalue weighted by Crippen LogP contribution is 2.78. The van der Waals surface area contributed by atoms with Gasteiger partial charge in [-0.25, -0.2) is 9.59 Å². The van der Waals surface area contributed by atoms with Gasteiger partial charge in [0, 0.05) is 16.7 Å². The number of allylic oxidation sites excluding steroid dienone is 2. The smallest absolute Gasteiger partial charge is 0.338 e. The molecule has 0 radical (unpaired) electrons. The molecule has 0 aromatic heterocycles. The lowest BCUT2D eigenvalue weighted by molar-refractivity contribution is -0.176. The Balaban J connectivity index is 1.74. The zero-order chi connectivity index (χ0) is 22.8. The number of halogens is 3. The molecule has 4 nitrogen and oxygen atoms in total. The molecule has 6 aliphatic rings. The van der Waals surface area contributed by atoms with Gasteiger partial charge < -0.3 is 4.74 Å². The maximum Gasteiger partial charge on any atom is 0.338 e. The van der Waals surface area contributed by atoms with Crippen LogP contribution in [0.5, 0.6) is 0 Å². The lowest BCUT2D eigenvalue weighted by Gasteiger charge is -2.71. The normalized spacial score (nSPS) is 52.9. The van der Waals surface area contributed by atoms with Crippen molar-refractivity contribution >= 4 is 52.0 Å². The quantitative estimate of drug-likeness (QED) is 0.167. The summed E-state index contributed by atoms with van der Waals surface area (Å²) in [5.74, 6) is -1.49. The SMILES string of the molecule is CC(C)C1=C[C@]23CC[C@H]4[C@](C)(CCC[C@@]4(C)C(=O)Cl)[C@@H]2C[C@@H]1[C@@]1(Cl)C(=O)OC(=O)[C@]31Cl. The molecule has 1 spiro atoms. The fourth-order valence-electron chi connectivity index (χ4n) is 8.68. The summed E-state index contributed by atoms with van der Waals surface area (Å²) in [7, 11) is 0. The van der Waals surface area contributed by atoms with Crippen LogP contribution in [0.15, 0.2) is 11.6 Å². The summed E-state index contributed by atoms with van der Waals surface area (Å²) in [6.45, 7) is 8.41. The van der Waals surface area contributed by atoms with E-state index in [-0.39, 0.29) is 34.3 Å². The predicted octanol–water partition coefficient (Wildman–Crippen LogP) is 5.62. The Morgan fingerprint density at radius 3 is 2.39 bits per heavy atom. The van der Waals surface area contributed by atoms with Crippen LogP contribution < -0.4 is 0 Å². The molecule has 170 valence electrons. The number of fused-ring (bicyclic) bond motifs is 1. The Morgan fingerprint density at radius 1 is 1.10 bits per heavy atom. The summed E-state index contributed by atoms with van der Waals surface area (Å²) < 4.78 is 5.16. The molecule has 0 unspecified atom stereocenters. The van der Waals surface area contributed by atoms with Gasteiger partial charge in [-0.3, -0.25) is 4.79 Å². The minimum Gasteiger partial charge on any atom is -0.390 e. The lowest BCUT2D eigenvalue weighted by atomic mass is 9.34. The maximum atomic E-state index is 13.2. The van der Waals surface area contributed by atoms with E-state index < -0.39 is 32.5 Å². The molecule has 31 heavy (non-hydrogen) atoms. The van der Waals surface area contributed by atoms with Crippen LogP contribution in [0.4, 0.5) is 0 Å². The molecule has 5 aliphatic carbocycles. The minimum absolute atomic E-state index is 0.0183. The van der Waals surface area contributed by atoms with E-state index in [1.807, 2.05) is 6.92 Å². The van der Waals surface area contributed by atoms with Gasteiger partial charge in [-0.1, -0.05) is 45.8 Å². The Labute approximate surface area is 198 Å². The summed E-state index contributed by atoms with van der Waals surface area (Å²) >= 11 is 20.5. The number of hydrogen-bond acceptors (Lipinski definition) is 4. The van der Waals surface area contributed by atoms with Crippen molar-refractivity contribution in [3.05, 3.63) is 11.6 Å². The average Bonchev–Trinajstić information content (AvgIpc) is 2.88.